The first-order chi connectivity index (χ1) is 18.2. The minimum Gasteiger partial charge on any atom is -0.488 e. The molecule has 1 N–H and O–H groups in total. The Morgan fingerprint density at radius 2 is 1.92 bits per heavy atom. The first kappa shape index (κ1) is 28.9. The number of rotatable bonds is 7. The van der Waals surface area contributed by atoms with Gasteiger partial charge in [-0.2, -0.15) is 0 Å². The molecule has 1 saturated heterocycles. The summed E-state index contributed by atoms with van der Waals surface area (Å²) < 4.78 is 32.2. The molecular formula is C26H32ClFN6O4S. The fraction of sp³-hybridized carbons (Fsp3) is 0.500. The summed E-state index contributed by atoms with van der Waals surface area (Å²) in [5.74, 6) is -0.161. The van der Waals surface area contributed by atoms with E-state index in [9.17, 15) is 4.79 Å². The van der Waals surface area contributed by atoms with Crippen LogP contribution in [0, 0.1) is 5.82 Å². The van der Waals surface area contributed by atoms with Gasteiger partial charge in [-0.1, -0.05) is 22.9 Å². The molecule has 0 spiro atoms. The normalized spacial score (nSPS) is 17.0. The Bertz CT molecular complexity index is 1330. The standard InChI is InChI=1S/C26H32ClFN6O4S/c1-14(2)31-23-29-10-15(11-30-23)21-32-33-22(39-21)17-8-19(28)20(9-18(17)27)36-12-16-13-37-26(6,7)34(16)24(35)38-25(3,4)5/h8-11,14,16H,12-13H2,1-7H3,(H,29,30,31)/t16-/m1/s1. The number of carbonyl (C=O) groups excluding carboxylic acids is 1. The molecule has 3 aromatic rings. The molecule has 0 radical (unpaired) electrons. The fourth-order valence-electron chi connectivity index (χ4n) is 3.90. The monoisotopic (exact) mass is 578 g/mol. The van der Waals surface area contributed by atoms with E-state index < -0.39 is 29.3 Å². The smallest absolute Gasteiger partial charge is 0.413 e. The Labute approximate surface area is 235 Å². The van der Waals surface area contributed by atoms with E-state index in [1.807, 2.05) is 13.8 Å². The van der Waals surface area contributed by atoms with Crippen molar-refractivity contribution in [3.05, 3.63) is 35.4 Å². The lowest BCUT2D eigenvalue weighted by Gasteiger charge is -2.35. The van der Waals surface area contributed by atoms with Crippen molar-refractivity contribution >= 4 is 35.0 Å². The van der Waals surface area contributed by atoms with Crippen LogP contribution < -0.4 is 10.1 Å². The number of benzene rings is 1. The largest absolute Gasteiger partial charge is 0.488 e. The number of hydrogen-bond donors (Lipinski definition) is 1. The number of nitrogens with zero attached hydrogens (tertiary/aromatic N) is 5. The van der Waals surface area contributed by atoms with Gasteiger partial charge in [0.2, 0.25) is 5.95 Å². The summed E-state index contributed by atoms with van der Waals surface area (Å²) in [5.41, 5.74) is -0.518. The first-order valence-electron chi connectivity index (χ1n) is 12.4. The van der Waals surface area contributed by atoms with Gasteiger partial charge in [-0.3, -0.25) is 4.90 Å². The molecule has 1 aromatic carbocycles. The van der Waals surface area contributed by atoms with Crippen molar-refractivity contribution in [3.63, 3.8) is 0 Å². The number of nitrogens with one attached hydrogen (secondary N) is 1. The second-order valence-electron chi connectivity index (χ2n) is 10.8. The molecule has 1 amide bonds. The number of amides is 1. The van der Waals surface area contributed by atoms with Crippen LogP contribution in [-0.4, -0.2) is 67.8 Å². The Morgan fingerprint density at radius 3 is 2.56 bits per heavy atom. The summed E-state index contributed by atoms with van der Waals surface area (Å²) in [4.78, 5) is 22.9. The highest BCUT2D eigenvalue weighted by Gasteiger charge is 2.46. The molecule has 2 aromatic heterocycles. The molecule has 0 aliphatic carbocycles. The van der Waals surface area contributed by atoms with Gasteiger partial charge in [-0.25, -0.2) is 19.2 Å². The number of ether oxygens (including phenoxy) is 3. The van der Waals surface area contributed by atoms with Crippen molar-refractivity contribution in [3.8, 4) is 26.9 Å². The van der Waals surface area contributed by atoms with Gasteiger partial charge in [-0.05, 0) is 54.5 Å². The van der Waals surface area contributed by atoms with E-state index in [4.69, 9.17) is 25.8 Å². The van der Waals surface area contributed by atoms with Crippen LogP contribution in [0.3, 0.4) is 0 Å². The molecule has 39 heavy (non-hydrogen) atoms. The van der Waals surface area contributed by atoms with Gasteiger partial charge in [0.1, 0.15) is 22.9 Å². The maximum atomic E-state index is 15.1. The van der Waals surface area contributed by atoms with Crippen LogP contribution in [0.4, 0.5) is 15.1 Å². The lowest BCUT2D eigenvalue weighted by atomic mass is 10.2. The summed E-state index contributed by atoms with van der Waals surface area (Å²) in [6.07, 6.45) is 2.77. The van der Waals surface area contributed by atoms with E-state index in [-0.39, 0.29) is 30.0 Å². The summed E-state index contributed by atoms with van der Waals surface area (Å²) in [5, 5.41) is 12.7. The average Bonchev–Trinajstić information content (AvgIpc) is 3.42. The Kier molecular flexibility index (Phi) is 8.29. The molecule has 1 aliphatic heterocycles. The van der Waals surface area contributed by atoms with Gasteiger partial charge in [0, 0.05) is 35.6 Å². The highest BCUT2D eigenvalue weighted by Crippen LogP contribution is 2.37. The van der Waals surface area contributed by atoms with E-state index in [1.165, 1.54) is 28.4 Å². The van der Waals surface area contributed by atoms with Crippen LogP contribution in [0.25, 0.3) is 21.1 Å². The molecule has 1 aliphatic rings. The molecule has 0 bridgehead atoms. The molecule has 13 heteroatoms. The zero-order valence-corrected chi connectivity index (χ0v) is 24.5. The average molecular weight is 579 g/mol. The highest BCUT2D eigenvalue weighted by atomic mass is 35.5. The Hall–Kier alpha value is -3.09. The van der Waals surface area contributed by atoms with Crippen LogP contribution in [0.2, 0.25) is 5.02 Å². The zero-order valence-electron chi connectivity index (χ0n) is 22.9. The summed E-state index contributed by atoms with van der Waals surface area (Å²) in [6, 6.07) is 2.37. The van der Waals surface area contributed by atoms with Gasteiger partial charge in [-0.15, -0.1) is 10.2 Å². The van der Waals surface area contributed by atoms with E-state index in [0.29, 0.717) is 27.1 Å². The van der Waals surface area contributed by atoms with Crippen molar-refractivity contribution in [2.45, 2.75) is 71.9 Å². The number of hydrogen-bond acceptors (Lipinski definition) is 10. The third-order valence-corrected chi connectivity index (χ3v) is 6.91. The van der Waals surface area contributed by atoms with E-state index in [0.717, 1.165) is 0 Å². The van der Waals surface area contributed by atoms with Crippen LogP contribution in [0.1, 0.15) is 48.5 Å². The minimum absolute atomic E-state index is 0.0140. The van der Waals surface area contributed by atoms with Crippen LogP contribution in [0.15, 0.2) is 24.5 Å². The van der Waals surface area contributed by atoms with Crippen LogP contribution >= 0.6 is 22.9 Å². The topological polar surface area (TPSA) is 112 Å². The molecule has 210 valence electrons. The molecule has 1 fully saturated rings. The number of carbonyl (C=O) groups is 1. The molecule has 0 saturated carbocycles. The van der Waals surface area contributed by atoms with Crippen molar-refractivity contribution in [2.24, 2.45) is 0 Å². The van der Waals surface area contributed by atoms with Gasteiger partial charge < -0.3 is 19.5 Å². The van der Waals surface area contributed by atoms with Gasteiger partial charge in [0.25, 0.3) is 0 Å². The fourth-order valence-corrected chi connectivity index (χ4v) is 5.04. The third-order valence-electron chi connectivity index (χ3n) is 5.59. The molecule has 10 nitrogen and oxygen atoms in total. The summed E-state index contributed by atoms with van der Waals surface area (Å²) >= 11 is 7.74. The second-order valence-corrected chi connectivity index (χ2v) is 12.2. The van der Waals surface area contributed by atoms with Gasteiger partial charge in [0.05, 0.1) is 17.7 Å². The van der Waals surface area contributed by atoms with Crippen molar-refractivity contribution < 1.29 is 23.4 Å². The quantitative estimate of drug-likeness (QED) is 0.359. The number of aromatic nitrogens is 4. The predicted molar refractivity (Wildman–Crippen MR) is 147 cm³/mol. The lowest BCUT2D eigenvalue weighted by molar-refractivity contribution is -0.0637. The van der Waals surface area contributed by atoms with Crippen molar-refractivity contribution in [1.82, 2.24) is 25.1 Å². The lowest BCUT2D eigenvalue weighted by Crippen LogP contribution is -2.51. The van der Waals surface area contributed by atoms with Crippen LogP contribution in [0.5, 0.6) is 5.75 Å². The van der Waals surface area contributed by atoms with E-state index in [1.54, 1.807) is 47.0 Å². The maximum Gasteiger partial charge on any atom is 0.413 e. The number of halogens is 2. The molecule has 4 rings (SSSR count). The third kappa shape index (κ3) is 6.92. The molecule has 1 atom stereocenters. The Balaban J connectivity index is 1.47. The Morgan fingerprint density at radius 1 is 1.26 bits per heavy atom. The van der Waals surface area contributed by atoms with Crippen LogP contribution in [-0.2, 0) is 9.47 Å². The van der Waals surface area contributed by atoms with E-state index >= 15 is 4.39 Å². The van der Waals surface area contributed by atoms with Crippen molar-refractivity contribution in [2.75, 3.05) is 18.5 Å². The molecular weight excluding hydrogens is 547 g/mol. The second kappa shape index (κ2) is 11.2. The maximum absolute atomic E-state index is 15.1. The minimum atomic E-state index is -0.901. The summed E-state index contributed by atoms with van der Waals surface area (Å²) in [7, 11) is 0. The molecule has 3 heterocycles. The SMILES string of the molecule is CC(C)Nc1ncc(-c2nnc(-c3cc(F)c(OC[C@@H]4COC(C)(C)N4C(=O)OC(C)(C)C)cc3Cl)s2)cn1. The summed E-state index contributed by atoms with van der Waals surface area (Å²) in [6.45, 7) is 13.1. The van der Waals surface area contributed by atoms with Gasteiger partial charge >= 0.3 is 6.09 Å². The zero-order chi connectivity index (χ0) is 28.5. The van der Waals surface area contributed by atoms with Crippen molar-refractivity contribution in [1.29, 1.82) is 0 Å². The number of anilines is 1. The highest BCUT2D eigenvalue weighted by molar-refractivity contribution is 7.18. The molecule has 0 unspecified atom stereocenters. The van der Waals surface area contributed by atoms with Gasteiger partial charge in [0.15, 0.2) is 16.6 Å². The van der Waals surface area contributed by atoms with E-state index in [2.05, 4.69) is 25.5 Å². The first-order valence-corrected chi connectivity index (χ1v) is 13.6. The predicted octanol–water partition coefficient (Wildman–Crippen LogP) is 6.03.